The van der Waals surface area contributed by atoms with E-state index in [2.05, 4.69) is 12.2 Å². The van der Waals surface area contributed by atoms with Gasteiger partial charge in [0.2, 0.25) is 0 Å². The van der Waals surface area contributed by atoms with Crippen LogP contribution in [0, 0.1) is 12.7 Å². The van der Waals surface area contributed by atoms with Crippen molar-refractivity contribution < 1.29 is 9.18 Å². The number of amides is 1. The van der Waals surface area contributed by atoms with E-state index in [1.807, 2.05) is 0 Å². The second-order valence-corrected chi connectivity index (χ2v) is 4.29. The molecule has 2 nitrogen and oxygen atoms in total. The van der Waals surface area contributed by atoms with Crippen LogP contribution in [0.5, 0.6) is 0 Å². The summed E-state index contributed by atoms with van der Waals surface area (Å²) >= 11 is 0. The SMILES string of the molecule is [CH2]c1ccc(C(=O)NCCc2ccccc2F)cc1. The summed E-state index contributed by atoms with van der Waals surface area (Å²) in [4.78, 5) is 11.8. The molecule has 0 aliphatic rings. The lowest BCUT2D eigenvalue weighted by atomic mass is 10.1. The third kappa shape index (κ3) is 3.65. The highest BCUT2D eigenvalue weighted by atomic mass is 19.1. The molecule has 2 aromatic carbocycles. The topological polar surface area (TPSA) is 29.1 Å². The van der Waals surface area contributed by atoms with Gasteiger partial charge in [0.15, 0.2) is 0 Å². The van der Waals surface area contributed by atoms with Crippen molar-refractivity contribution >= 4 is 5.91 Å². The molecule has 1 radical (unpaired) electrons. The highest BCUT2D eigenvalue weighted by Gasteiger charge is 2.05. The Morgan fingerprint density at radius 2 is 1.79 bits per heavy atom. The first kappa shape index (κ1) is 13.3. The fourth-order valence-corrected chi connectivity index (χ4v) is 1.77. The number of carbonyl (C=O) groups is 1. The van der Waals surface area contributed by atoms with Gasteiger partial charge in [0.25, 0.3) is 5.91 Å². The summed E-state index contributed by atoms with van der Waals surface area (Å²) in [5.74, 6) is -0.394. The van der Waals surface area contributed by atoms with E-state index in [4.69, 9.17) is 0 Å². The van der Waals surface area contributed by atoms with Crippen molar-refractivity contribution in [3.63, 3.8) is 0 Å². The minimum Gasteiger partial charge on any atom is -0.352 e. The molecule has 1 N–H and O–H groups in total. The van der Waals surface area contributed by atoms with Gasteiger partial charge in [-0.1, -0.05) is 30.3 Å². The van der Waals surface area contributed by atoms with Crippen LogP contribution in [0.4, 0.5) is 4.39 Å². The molecule has 2 rings (SSSR count). The molecule has 0 bridgehead atoms. The number of hydrogen-bond acceptors (Lipinski definition) is 1. The van der Waals surface area contributed by atoms with Crippen molar-refractivity contribution in [2.75, 3.05) is 6.54 Å². The molecule has 19 heavy (non-hydrogen) atoms. The predicted octanol–water partition coefficient (Wildman–Crippen LogP) is 2.98. The summed E-state index contributed by atoms with van der Waals surface area (Å²) in [7, 11) is 0. The van der Waals surface area contributed by atoms with Crippen LogP contribution in [0.15, 0.2) is 48.5 Å². The normalized spacial score (nSPS) is 10.2. The maximum Gasteiger partial charge on any atom is 0.251 e. The molecule has 0 aliphatic heterocycles. The van der Waals surface area contributed by atoms with E-state index in [0.29, 0.717) is 24.1 Å². The molecular formula is C16H15FNO. The minimum absolute atomic E-state index is 0.156. The van der Waals surface area contributed by atoms with Gasteiger partial charge in [0, 0.05) is 12.1 Å². The molecule has 0 fully saturated rings. The predicted molar refractivity (Wildman–Crippen MR) is 73.3 cm³/mol. The monoisotopic (exact) mass is 256 g/mol. The van der Waals surface area contributed by atoms with Gasteiger partial charge in [-0.25, -0.2) is 4.39 Å². The zero-order chi connectivity index (χ0) is 13.7. The summed E-state index contributed by atoms with van der Waals surface area (Å²) in [5, 5.41) is 2.77. The van der Waals surface area contributed by atoms with Crippen LogP contribution in [0.1, 0.15) is 21.5 Å². The Bertz CT molecular complexity index is 563. The summed E-state index contributed by atoms with van der Waals surface area (Å²) in [6.45, 7) is 4.17. The average Bonchev–Trinajstić information content (AvgIpc) is 2.41. The first-order valence-electron chi connectivity index (χ1n) is 6.10. The van der Waals surface area contributed by atoms with Gasteiger partial charge in [0.05, 0.1) is 0 Å². The third-order valence-corrected chi connectivity index (χ3v) is 2.85. The van der Waals surface area contributed by atoms with Gasteiger partial charge in [0.1, 0.15) is 5.82 Å². The van der Waals surface area contributed by atoms with E-state index in [-0.39, 0.29) is 11.7 Å². The second-order valence-electron chi connectivity index (χ2n) is 4.29. The maximum absolute atomic E-state index is 13.4. The Balaban J connectivity index is 1.88. The van der Waals surface area contributed by atoms with E-state index >= 15 is 0 Å². The quantitative estimate of drug-likeness (QED) is 0.895. The standard InChI is InChI=1S/C16H15FNO/c1-12-6-8-14(9-7-12)16(19)18-11-10-13-4-2-3-5-15(13)17/h2-9H,1,10-11H2,(H,18,19). The number of nitrogens with one attached hydrogen (secondary N) is 1. The first-order chi connectivity index (χ1) is 9.16. The van der Waals surface area contributed by atoms with E-state index < -0.39 is 0 Å². The molecule has 0 spiro atoms. The van der Waals surface area contributed by atoms with E-state index in [0.717, 1.165) is 5.56 Å². The van der Waals surface area contributed by atoms with Crippen LogP contribution in [0.25, 0.3) is 0 Å². The molecule has 0 heterocycles. The Morgan fingerprint density at radius 1 is 1.11 bits per heavy atom. The fourth-order valence-electron chi connectivity index (χ4n) is 1.77. The van der Waals surface area contributed by atoms with Gasteiger partial charge >= 0.3 is 0 Å². The Kier molecular flexibility index (Phi) is 4.29. The van der Waals surface area contributed by atoms with Gasteiger partial charge < -0.3 is 5.32 Å². The summed E-state index contributed by atoms with van der Waals surface area (Å²) in [6.07, 6.45) is 0.478. The van der Waals surface area contributed by atoms with Crippen LogP contribution in [0.3, 0.4) is 0 Å². The van der Waals surface area contributed by atoms with Crippen molar-refractivity contribution in [3.05, 3.63) is 78.0 Å². The lowest BCUT2D eigenvalue weighted by Gasteiger charge is -2.06. The number of carbonyl (C=O) groups excluding carboxylic acids is 1. The largest absolute Gasteiger partial charge is 0.352 e. The zero-order valence-electron chi connectivity index (χ0n) is 10.5. The summed E-state index contributed by atoms with van der Waals surface area (Å²) in [5.41, 5.74) is 2.06. The lowest BCUT2D eigenvalue weighted by Crippen LogP contribution is -2.25. The molecule has 3 heteroatoms. The molecule has 2 aromatic rings. The van der Waals surface area contributed by atoms with Crippen LogP contribution in [0.2, 0.25) is 0 Å². The Morgan fingerprint density at radius 3 is 2.47 bits per heavy atom. The van der Waals surface area contributed by atoms with E-state index in [1.165, 1.54) is 6.07 Å². The smallest absolute Gasteiger partial charge is 0.251 e. The van der Waals surface area contributed by atoms with Gasteiger partial charge in [-0.3, -0.25) is 4.79 Å². The molecule has 0 saturated heterocycles. The second kappa shape index (κ2) is 6.14. The summed E-state index contributed by atoms with van der Waals surface area (Å²) in [6, 6.07) is 13.6. The van der Waals surface area contributed by atoms with Crippen LogP contribution >= 0.6 is 0 Å². The lowest BCUT2D eigenvalue weighted by molar-refractivity contribution is 0.0954. The molecule has 97 valence electrons. The molecule has 0 aliphatic carbocycles. The number of rotatable bonds is 4. The number of benzene rings is 2. The van der Waals surface area contributed by atoms with Crippen LogP contribution < -0.4 is 5.32 Å². The fraction of sp³-hybridized carbons (Fsp3) is 0.125. The minimum atomic E-state index is -0.238. The Hall–Kier alpha value is -2.16. The maximum atomic E-state index is 13.4. The molecule has 0 atom stereocenters. The number of hydrogen-bond donors (Lipinski definition) is 1. The van der Waals surface area contributed by atoms with Crippen molar-refractivity contribution in [3.8, 4) is 0 Å². The molecule has 1 amide bonds. The van der Waals surface area contributed by atoms with Crippen molar-refractivity contribution in [1.29, 1.82) is 0 Å². The summed E-state index contributed by atoms with van der Waals surface area (Å²) < 4.78 is 13.4. The molecule has 0 saturated carbocycles. The van der Waals surface area contributed by atoms with Crippen LogP contribution in [-0.2, 0) is 6.42 Å². The van der Waals surface area contributed by atoms with Gasteiger partial charge in [-0.05, 0) is 42.7 Å². The molecule has 0 unspecified atom stereocenters. The number of halogens is 1. The Labute approximate surface area is 112 Å². The van der Waals surface area contributed by atoms with E-state index in [9.17, 15) is 9.18 Å². The van der Waals surface area contributed by atoms with Crippen molar-refractivity contribution in [2.24, 2.45) is 0 Å². The molecular weight excluding hydrogens is 241 g/mol. The average molecular weight is 256 g/mol. The highest BCUT2D eigenvalue weighted by Crippen LogP contribution is 2.07. The zero-order valence-corrected chi connectivity index (χ0v) is 10.5. The van der Waals surface area contributed by atoms with Gasteiger partial charge in [-0.15, -0.1) is 0 Å². The van der Waals surface area contributed by atoms with Crippen molar-refractivity contribution in [1.82, 2.24) is 5.32 Å². The third-order valence-electron chi connectivity index (χ3n) is 2.85. The van der Waals surface area contributed by atoms with Crippen LogP contribution in [-0.4, -0.2) is 12.5 Å². The molecule has 0 aromatic heterocycles. The van der Waals surface area contributed by atoms with Gasteiger partial charge in [-0.2, -0.15) is 0 Å². The van der Waals surface area contributed by atoms with Crippen molar-refractivity contribution in [2.45, 2.75) is 6.42 Å². The highest BCUT2D eigenvalue weighted by molar-refractivity contribution is 5.94. The first-order valence-corrected chi connectivity index (χ1v) is 6.10. The van der Waals surface area contributed by atoms with E-state index in [1.54, 1.807) is 42.5 Å².